The molecule has 2 atom stereocenters. The van der Waals surface area contributed by atoms with E-state index < -0.39 is 35.9 Å². The lowest BCUT2D eigenvalue weighted by Crippen LogP contribution is -2.41. The molecule has 0 saturated carbocycles. The Kier molecular flexibility index (Phi) is 5.27. The minimum atomic E-state index is -5.07. The largest absolute Gasteiger partial charge is 0.425 e. The van der Waals surface area contributed by atoms with E-state index in [1.807, 2.05) is 0 Å². The van der Waals surface area contributed by atoms with Crippen molar-refractivity contribution in [1.29, 1.82) is 0 Å². The second kappa shape index (κ2) is 7.66. The average Bonchev–Trinajstić information content (AvgIpc) is 2.85. The number of aliphatic hydroxyl groups is 3. The zero-order valence-electron chi connectivity index (χ0n) is 16.2. The molecule has 4 rings (SSSR count). The second-order valence-electron chi connectivity index (χ2n) is 7.52. The molecule has 0 spiro atoms. The Morgan fingerprint density at radius 3 is 2.58 bits per heavy atom. The van der Waals surface area contributed by atoms with Gasteiger partial charge in [0.25, 0.3) is 0 Å². The van der Waals surface area contributed by atoms with Crippen molar-refractivity contribution in [2.75, 3.05) is 19.7 Å². The van der Waals surface area contributed by atoms with Gasteiger partial charge in [0, 0.05) is 36.0 Å². The monoisotopic (exact) mass is 433 g/mol. The first-order valence-corrected chi connectivity index (χ1v) is 9.56. The van der Waals surface area contributed by atoms with E-state index in [4.69, 9.17) is 5.11 Å². The van der Waals surface area contributed by atoms with Gasteiger partial charge in [-0.1, -0.05) is 24.3 Å². The Labute approximate surface area is 175 Å². The minimum Gasteiger partial charge on any atom is -0.394 e. The smallest absolute Gasteiger partial charge is 0.394 e. The molecule has 2 aromatic rings. The molecule has 8 heteroatoms. The fraction of sp³-hybridized carbons (Fsp3) is 0.261. The topological polar surface area (TPSA) is 63.9 Å². The van der Waals surface area contributed by atoms with Gasteiger partial charge >= 0.3 is 6.18 Å². The number of benzene rings is 2. The third-order valence-electron chi connectivity index (χ3n) is 5.46. The predicted molar refractivity (Wildman–Crippen MR) is 106 cm³/mol. The summed E-state index contributed by atoms with van der Waals surface area (Å²) < 4.78 is 56.7. The van der Waals surface area contributed by atoms with E-state index in [1.165, 1.54) is 24.3 Å². The maximum absolute atomic E-state index is 14.6. The SMILES string of the molecule is OC[C@@H](O)CN1C=C(c2cc(F)cc3c2-c2ccccc2[C@]3(O)C(F)(F)F)C=C=CC1. The second-order valence-corrected chi connectivity index (χ2v) is 7.52. The summed E-state index contributed by atoms with van der Waals surface area (Å²) in [5.41, 5.74) is -0.603. The minimum absolute atomic E-state index is 0.0621. The zero-order valence-corrected chi connectivity index (χ0v) is 16.2. The summed E-state index contributed by atoms with van der Waals surface area (Å²) >= 11 is 0. The fourth-order valence-electron chi connectivity index (χ4n) is 4.09. The number of nitrogens with zero attached hydrogens (tertiary/aromatic N) is 1. The van der Waals surface area contributed by atoms with E-state index in [2.05, 4.69) is 5.73 Å². The van der Waals surface area contributed by atoms with Crippen LogP contribution in [0.1, 0.15) is 16.7 Å². The molecule has 2 aromatic carbocycles. The summed E-state index contributed by atoms with van der Waals surface area (Å²) in [6.45, 7) is -0.0671. The van der Waals surface area contributed by atoms with Gasteiger partial charge in [0.05, 0.1) is 12.7 Å². The van der Waals surface area contributed by atoms with Gasteiger partial charge in [-0.25, -0.2) is 4.39 Å². The molecule has 0 saturated heterocycles. The molecule has 1 aliphatic carbocycles. The molecule has 0 amide bonds. The van der Waals surface area contributed by atoms with Gasteiger partial charge < -0.3 is 20.2 Å². The number of rotatable bonds is 4. The summed E-state index contributed by atoms with van der Waals surface area (Å²) in [5.74, 6) is -0.922. The predicted octanol–water partition coefficient (Wildman–Crippen LogP) is 3.33. The highest BCUT2D eigenvalue weighted by Gasteiger charge is 2.61. The maximum Gasteiger partial charge on any atom is 0.425 e. The lowest BCUT2D eigenvalue weighted by Gasteiger charge is -2.28. The molecular formula is C23H19F4NO3. The molecule has 162 valence electrons. The number of alkyl halides is 3. The van der Waals surface area contributed by atoms with E-state index >= 15 is 0 Å². The van der Waals surface area contributed by atoms with Crippen molar-refractivity contribution < 1.29 is 32.9 Å². The zero-order chi connectivity index (χ0) is 22.4. The third-order valence-corrected chi connectivity index (χ3v) is 5.46. The highest BCUT2D eigenvalue weighted by molar-refractivity contribution is 5.92. The van der Waals surface area contributed by atoms with E-state index in [-0.39, 0.29) is 28.8 Å². The molecule has 0 unspecified atom stereocenters. The van der Waals surface area contributed by atoms with Gasteiger partial charge in [-0.3, -0.25) is 0 Å². The summed E-state index contributed by atoms with van der Waals surface area (Å²) in [4.78, 5) is 1.64. The van der Waals surface area contributed by atoms with Gasteiger partial charge in [-0.2, -0.15) is 13.2 Å². The van der Waals surface area contributed by atoms with E-state index in [9.17, 15) is 27.8 Å². The van der Waals surface area contributed by atoms with Crippen molar-refractivity contribution in [3.8, 4) is 11.1 Å². The van der Waals surface area contributed by atoms with Crippen molar-refractivity contribution in [1.82, 2.24) is 4.90 Å². The van der Waals surface area contributed by atoms with Crippen molar-refractivity contribution in [3.63, 3.8) is 0 Å². The molecular weight excluding hydrogens is 414 g/mol. The summed E-state index contributed by atoms with van der Waals surface area (Å²) in [6, 6.07) is 7.43. The van der Waals surface area contributed by atoms with Gasteiger partial charge in [0.15, 0.2) is 0 Å². The summed E-state index contributed by atoms with van der Waals surface area (Å²) in [6.07, 6.45) is -1.37. The highest BCUT2D eigenvalue weighted by Crippen LogP contribution is 2.56. The van der Waals surface area contributed by atoms with Crippen LogP contribution in [0.2, 0.25) is 0 Å². The Bertz CT molecular complexity index is 1120. The number of β-amino-alcohol motifs (C(OH)–C–C–N with tert-alkyl or cyclic N) is 1. The first-order valence-electron chi connectivity index (χ1n) is 9.56. The van der Waals surface area contributed by atoms with E-state index in [0.717, 1.165) is 12.1 Å². The van der Waals surface area contributed by atoms with Gasteiger partial charge in [-0.05, 0) is 41.0 Å². The number of hydrogen-bond acceptors (Lipinski definition) is 4. The molecule has 31 heavy (non-hydrogen) atoms. The molecule has 0 aromatic heterocycles. The Balaban J connectivity index is 1.96. The Morgan fingerprint density at radius 2 is 1.87 bits per heavy atom. The van der Waals surface area contributed by atoms with Crippen LogP contribution in [-0.2, 0) is 5.60 Å². The standard InChI is InChI=1S/C23H19F4NO3/c24-15-9-18(14-5-3-4-8-28(11-14)12-16(30)13-29)21-17-6-1-2-7-19(17)22(31,20(21)10-15)23(25,26)27/h1-2,4-7,9-11,16,29-31H,8,12-13H2/t16-,22+/m0/s1. The van der Waals surface area contributed by atoms with Crippen LogP contribution < -0.4 is 0 Å². The van der Waals surface area contributed by atoms with Crippen LogP contribution in [0.4, 0.5) is 17.6 Å². The van der Waals surface area contributed by atoms with Crippen LogP contribution in [0.25, 0.3) is 16.7 Å². The van der Waals surface area contributed by atoms with E-state index in [1.54, 1.807) is 23.2 Å². The van der Waals surface area contributed by atoms with Gasteiger partial charge in [-0.15, -0.1) is 5.73 Å². The molecule has 4 nitrogen and oxygen atoms in total. The van der Waals surface area contributed by atoms with E-state index in [0.29, 0.717) is 12.1 Å². The van der Waals surface area contributed by atoms with Crippen LogP contribution >= 0.6 is 0 Å². The molecule has 2 aliphatic rings. The average molecular weight is 433 g/mol. The van der Waals surface area contributed by atoms with Crippen molar-refractivity contribution >= 4 is 5.57 Å². The van der Waals surface area contributed by atoms with Crippen LogP contribution in [0, 0.1) is 5.82 Å². The first kappa shape index (κ1) is 21.3. The molecule has 0 radical (unpaired) electrons. The molecule has 1 heterocycles. The number of hydrogen-bond donors (Lipinski definition) is 3. The molecule has 0 bridgehead atoms. The lowest BCUT2D eigenvalue weighted by atomic mass is 9.89. The number of fused-ring (bicyclic) bond motifs is 3. The van der Waals surface area contributed by atoms with Gasteiger partial charge in [0.2, 0.25) is 5.60 Å². The molecule has 1 aliphatic heterocycles. The Morgan fingerprint density at radius 1 is 1.13 bits per heavy atom. The lowest BCUT2D eigenvalue weighted by molar-refractivity contribution is -0.246. The normalized spacial score (nSPS) is 20.9. The molecule has 3 N–H and O–H groups in total. The fourth-order valence-corrected chi connectivity index (χ4v) is 4.09. The number of allylic oxidation sites excluding steroid dienone is 1. The first-order chi connectivity index (χ1) is 14.7. The number of halogens is 4. The van der Waals surface area contributed by atoms with Crippen LogP contribution in [0.15, 0.2) is 60.5 Å². The Hall–Kier alpha value is -2.90. The van der Waals surface area contributed by atoms with Crippen LogP contribution in [-0.4, -0.2) is 52.2 Å². The third kappa shape index (κ3) is 3.47. The summed E-state index contributed by atoms with van der Waals surface area (Å²) in [7, 11) is 0. The van der Waals surface area contributed by atoms with Crippen molar-refractivity contribution in [2.24, 2.45) is 0 Å². The van der Waals surface area contributed by atoms with Crippen LogP contribution in [0.5, 0.6) is 0 Å². The number of aliphatic hydroxyl groups excluding tert-OH is 2. The van der Waals surface area contributed by atoms with Crippen molar-refractivity contribution in [3.05, 3.63) is 83.0 Å². The maximum atomic E-state index is 14.6. The van der Waals surface area contributed by atoms with Crippen molar-refractivity contribution in [2.45, 2.75) is 17.9 Å². The summed E-state index contributed by atoms with van der Waals surface area (Å²) in [5, 5.41) is 29.7. The quantitative estimate of drug-likeness (QED) is 0.512. The molecule has 0 fully saturated rings. The van der Waals surface area contributed by atoms with Crippen LogP contribution in [0.3, 0.4) is 0 Å². The highest BCUT2D eigenvalue weighted by atomic mass is 19.4. The van der Waals surface area contributed by atoms with Gasteiger partial charge in [0.1, 0.15) is 5.82 Å².